The van der Waals surface area contributed by atoms with Crippen LogP contribution >= 0.6 is 0 Å². The van der Waals surface area contributed by atoms with Gasteiger partial charge in [0.15, 0.2) is 5.82 Å². The highest BCUT2D eigenvalue weighted by Gasteiger charge is 2.28. The van der Waals surface area contributed by atoms with Crippen molar-refractivity contribution in [1.29, 1.82) is 0 Å². The van der Waals surface area contributed by atoms with Gasteiger partial charge in [0.2, 0.25) is 5.91 Å². The summed E-state index contributed by atoms with van der Waals surface area (Å²) in [7, 11) is 0. The molecule has 0 radical (unpaired) electrons. The van der Waals surface area contributed by atoms with Gasteiger partial charge >= 0.3 is 0 Å². The Morgan fingerprint density at radius 3 is 2.72 bits per heavy atom. The largest absolute Gasteiger partial charge is 0.350 e. The summed E-state index contributed by atoms with van der Waals surface area (Å²) in [6.45, 7) is 7.03. The van der Waals surface area contributed by atoms with Crippen molar-refractivity contribution in [3.8, 4) is 11.3 Å². The third kappa shape index (κ3) is 3.30. The normalized spacial score (nSPS) is 16.9. The van der Waals surface area contributed by atoms with E-state index in [1.165, 1.54) is 36.8 Å². The SMILES string of the molecule is C=CC(=O)N1CCN(c2ncnc3c(F)c(-c4ccccc4F)ncc23)C(C)C1. The second-order valence-corrected chi connectivity index (χ2v) is 6.89. The van der Waals surface area contributed by atoms with Gasteiger partial charge in [0, 0.05) is 37.4 Å². The number of benzene rings is 1. The summed E-state index contributed by atoms with van der Waals surface area (Å²) in [5, 5.41) is 0.445. The number of nitrogens with zero attached hydrogens (tertiary/aromatic N) is 5. The molecule has 148 valence electrons. The van der Waals surface area contributed by atoms with Gasteiger partial charge in [-0.25, -0.2) is 18.7 Å². The summed E-state index contributed by atoms with van der Waals surface area (Å²) in [5.41, 5.74) is 0.0757. The van der Waals surface area contributed by atoms with Crippen molar-refractivity contribution < 1.29 is 13.6 Å². The van der Waals surface area contributed by atoms with Gasteiger partial charge in [-0.2, -0.15) is 0 Å². The molecule has 29 heavy (non-hydrogen) atoms. The number of aromatic nitrogens is 3. The Labute approximate surface area is 166 Å². The van der Waals surface area contributed by atoms with Gasteiger partial charge in [0.25, 0.3) is 0 Å². The molecule has 1 aliphatic heterocycles. The third-order valence-electron chi connectivity index (χ3n) is 5.12. The maximum atomic E-state index is 15.2. The first-order valence-electron chi connectivity index (χ1n) is 9.23. The number of halogens is 2. The van der Waals surface area contributed by atoms with Crippen LogP contribution in [0, 0.1) is 11.6 Å². The van der Waals surface area contributed by atoms with Crippen LogP contribution in [0.1, 0.15) is 6.92 Å². The fraction of sp³-hybridized carbons (Fsp3) is 0.238. The highest BCUT2D eigenvalue weighted by Crippen LogP contribution is 2.32. The molecule has 1 atom stereocenters. The zero-order valence-electron chi connectivity index (χ0n) is 15.8. The number of pyridine rings is 1. The fourth-order valence-corrected chi connectivity index (χ4v) is 3.65. The summed E-state index contributed by atoms with van der Waals surface area (Å²) >= 11 is 0. The number of piperazine rings is 1. The minimum atomic E-state index is -0.690. The lowest BCUT2D eigenvalue weighted by Crippen LogP contribution is -2.53. The minimum absolute atomic E-state index is 0.0416. The van der Waals surface area contributed by atoms with Gasteiger partial charge in [-0.1, -0.05) is 18.7 Å². The number of amides is 1. The first-order chi connectivity index (χ1) is 14.0. The molecule has 1 aliphatic rings. The number of hydrogen-bond donors (Lipinski definition) is 0. The number of hydrogen-bond acceptors (Lipinski definition) is 5. The van der Waals surface area contributed by atoms with Crippen molar-refractivity contribution in [2.75, 3.05) is 24.5 Å². The van der Waals surface area contributed by atoms with Crippen molar-refractivity contribution in [2.45, 2.75) is 13.0 Å². The second-order valence-electron chi connectivity index (χ2n) is 6.89. The first kappa shape index (κ1) is 18.9. The Bertz CT molecular complexity index is 1100. The van der Waals surface area contributed by atoms with E-state index in [1.807, 2.05) is 11.8 Å². The molecule has 0 aliphatic carbocycles. The van der Waals surface area contributed by atoms with Crippen molar-refractivity contribution in [1.82, 2.24) is 19.9 Å². The quantitative estimate of drug-likeness (QED) is 0.638. The number of carbonyl (C=O) groups excluding carboxylic acids is 1. The van der Waals surface area contributed by atoms with E-state index in [9.17, 15) is 9.18 Å². The van der Waals surface area contributed by atoms with Crippen molar-refractivity contribution in [3.63, 3.8) is 0 Å². The van der Waals surface area contributed by atoms with Gasteiger partial charge < -0.3 is 9.80 Å². The van der Waals surface area contributed by atoms with E-state index in [0.717, 1.165) is 0 Å². The van der Waals surface area contributed by atoms with Crippen molar-refractivity contribution >= 4 is 22.6 Å². The Morgan fingerprint density at radius 1 is 1.21 bits per heavy atom. The molecule has 4 rings (SSSR count). The van der Waals surface area contributed by atoms with Crippen LogP contribution in [0.5, 0.6) is 0 Å². The number of rotatable bonds is 3. The van der Waals surface area contributed by atoms with Gasteiger partial charge in [0.1, 0.15) is 29.2 Å². The molecule has 3 aromatic rings. The molecule has 0 spiro atoms. The maximum absolute atomic E-state index is 15.2. The van der Waals surface area contributed by atoms with Crippen LogP contribution in [0.15, 0.2) is 49.4 Å². The van der Waals surface area contributed by atoms with Gasteiger partial charge in [0.05, 0.1) is 5.39 Å². The predicted octanol–water partition coefficient (Wildman–Crippen LogP) is 3.19. The van der Waals surface area contributed by atoms with Gasteiger partial charge in [-0.15, -0.1) is 0 Å². The van der Waals surface area contributed by atoms with Crippen molar-refractivity contribution in [3.05, 3.63) is 61.1 Å². The molecule has 3 heterocycles. The van der Waals surface area contributed by atoms with E-state index in [4.69, 9.17) is 0 Å². The molecule has 0 bridgehead atoms. The highest BCUT2D eigenvalue weighted by atomic mass is 19.1. The molecule has 1 fully saturated rings. The van der Waals surface area contributed by atoms with Crippen molar-refractivity contribution in [2.24, 2.45) is 0 Å². The lowest BCUT2D eigenvalue weighted by atomic mass is 10.1. The maximum Gasteiger partial charge on any atom is 0.246 e. The Balaban J connectivity index is 1.74. The minimum Gasteiger partial charge on any atom is -0.350 e. The van der Waals surface area contributed by atoms with Crippen LogP contribution in [0.2, 0.25) is 0 Å². The standard InChI is InChI=1S/C21H19F2N5O/c1-3-17(29)27-8-9-28(13(2)11-27)21-15-10-24-19(14-6-4-5-7-16(14)22)18(23)20(15)25-12-26-21/h3-7,10,12-13H,1,8-9,11H2,2H3. The molecule has 1 aromatic carbocycles. The number of fused-ring (bicyclic) bond motifs is 1. The smallest absolute Gasteiger partial charge is 0.246 e. The van der Waals surface area contributed by atoms with E-state index in [-0.39, 0.29) is 28.7 Å². The van der Waals surface area contributed by atoms with E-state index >= 15 is 4.39 Å². The van der Waals surface area contributed by atoms with Gasteiger partial charge in [-0.05, 0) is 25.1 Å². The number of carbonyl (C=O) groups is 1. The van der Waals surface area contributed by atoms with E-state index in [2.05, 4.69) is 21.5 Å². The summed E-state index contributed by atoms with van der Waals surface area (Å²) in [6, 6.07) is 5.86. The molecule has 0 N–H and O–H groups in total. The zero-order valence-corrected chi connectivity index (χ0v) is 15.8. The lowest BCUT2D eigenvalue weighted by molar-refractivity contribution is -0.126. The fourth-order valence-electron chi connectivity index (χ4n) is 3.65. The summed E-state index contributed by atoms with van der Waals surface area (Å²) in [6.07, 6.45) is 4.06. The molecule has 6 nitrogen and oxygen atoms in total. The summed E-state index contributed by atoms with van der Waals surface area (Å²) < 4.78 is 29.3. The molecule has 1 saturated heterocycles. The van der Waals surface area contributed by atoms with Crippen LogP contribution in [0.25, 0.3) is 22.2 Å². The topological polar surface area (TPSA) is 62.2 Å². The average molecular weight is 395 g/mol. The Morgan fingerprint density at radius 2 is 2.00 bits per heavy atom. The van der Waals surface area contributed by atoms with E-state index < -0.39 is 11.6 Å². The summed E-state index contributed by atoms with van der Waals surface area (Å²) in [4.78, 5) is 28.2. The highest BCUT2D eigenvalue weighted by molar-refractivity contribution is 5.92. The summed E-state index contributed by atoms with van der Waals surface area (Å²) in [5.74, 6) is -0.820. The van der Waals surface area contributed by atoms with E-state index in [0.29, 0.717) is 30.8 Å². The molecular weight excluding hydrogens is 376 g/mol. The predicted molar refractivity (Wildman–Crippen MR) is 106 cm³/mol. The third-order valence-corrected chi connectivity index (χ3v) is 5.12. The molecule has 2 aromatic heterocycles. The number of anilines is 1. The Kier molecular flexibility index (Phi) is 4.92. The molecule has 1 amide bonds. The van der Waals surface area contributed by atoms with Crippen LogP contribution in [0.4, 0.5) is 14.6 Å². The second kappa shape index (κ2) is 7.54. The molecule has 0 saturated carbocycles. The van der Waals surface area contributed by atoms with Gasteiger partial charge in [-0.3, -0.25) is 9.78 Å². The lowest BCUT2D eigenvalue weighted by Gasteiger charge is -2.40. The molecule has 1 unspecified atom stereocenters. The van der Waals surface area contributed by atoms with Crippen LogP contribution in [-0.4, -0.2) is 51.4 Å². The first-order valence-corrected chi connectivity index (χ1v) is 9.23. The molecular formula is C21H19F2N5O. The molecule has 8 heteroatoms. The average Bonchev–Trinajstić information content (AvgIpc) is 2.74. The monoisotopic (exact) mass is 395 g/mol. The van der Waals surface area contributed by atoms with Crippen LogP contribution < -0.4 is 4.90 Å². The Hall–Kier alpha value is -3.42. The van der Waals surface area contributed by atoms with Crippen LogP contribution in [0.3, 0.4) is 0 Å². The van der Waals surface area contributed by atoms with Crippen LogP contribution in [-0.2, 0) is 4.79 Å². The zero-order chi connectivity index (χ0) is 20.5. The van der Waals surface area contributed by atoms with E-state index in [1.54, 1.807) is 11.0 Å².